The van der Waals surface area contributed by atoms with Gasteiger partial charge in [-0.1, -0.05) is 52.7 Å². The summed E-state index contributed by atoms with van der Waals surface area (Å²) < 4.78 is 51.9. The summed E-state index contributed by atoms with van der Waals surface area (Å²) in [6.45, 7) is 9.42. The van der Waals surface area contributed by atoms with Gasteiger partial charge in [-0.15, -0.1) is 0 Å². The second kappa shape index (κ2) is 22.2. The Hall–Kier alpha value is -7.02. The Balaban J connectivity index is 0.000000164. The number of hydrogen-bond acceptors (Lipinski definition) is 10. The molecule has 5 heterocycles. The number of allylic oxidation sites excluding steroid dienone is 1. The number of azide groups is 2. The van der Waals surface area contributed by atoms with Gasteiger partial charge in [0.15, 0.2) is 0 Å². The second-order valence-corrected chi connectivity index (χ2v) is 18.6. The van der Waals surface area contributed by atoms with Gasteiger partial charge in [-0.05, 0) is 122 Å². The van der Waals surface area contributed by atoms with E-state index in [0.29, 0.717) is 46.6 Å². The van der Waals surface area contributed by atoms with E-state index in [4.69, 9.17) is 29.8 Å². The molecule has 0 radical (unpaired) electrons. The number of methoxy groups -OCH3 is 2. The molecule has 3 saturated heterocycles. The van der Waals surface area contributed by atoms with Crippen LogP contribution in [0.15, 0.2) is 129 Å². The number of aromatic amines is 1. The maximum absolute atomic E-state index is 14.5. The number of likely N-dealkylation sites (tertiary alicyclic amines) is 2. The van der Waals surface area contributed by atoms with Gasteiger partial charge < -0.3 is 28.6 Å². The molecule has 4 aromatic carbocycles. The normalized spacial score (nSPS) is 20.5. The van der Waals surface area contributed by atoms with Crippen LogP contribution in [0.4, 0.5) is 8.78 Å². The van der Waals surface area contributed by atoms with Crippen molar-refractivity contribution in [3.63, 3.8) is 0 Å². The molecule has 1 aromatic heterocycles. The minimum atomic E-state index is -0.520. The Morgan fingerprint density at radius 2 is 1.31 bits per heavy atom. The molecule has 362 valence electrons. The number of benzene rings is 4. The quantitative estimate of drug-likeness (QED) is 0.0617. The molecule has 2 unspecified atom stereocenters. The van der Waals surface area contributed by atoms with Crippen LogP contribution in [-0.2, 0) is 9.31 Å². The zero-order valence-corrected chi connectivity index (χ0v) is 41.0. The molecule has 21 heteroatoms. The van der Waals surface area contributed by atoms with Crippen molar-refractivity contribution in [1.82, 2.24) is 20.0 Å². The Morgan fingerprint density at radius 3 is 1.77 bits per heavy atom. The number of nitrogens with zero attached hydrogens (tertiary/aromatic N) is 10. The zero-order valence-electron chi connectivity index (χ0n) is 39.4. The van der Waals surface area contributed by atoms with Gasteiger partial charge in [0.2, 0.25) is 0 Å². The fourth-order valence-corrected chi connectivity index (χ4v) is 8.97. The van der Waals surface area contributed by atoms with Crippen molar-refractivity contribution in [2.24, 2.45) is 15.2 Å². The first-order valence-corrected chi connectivity index (χ1v) is 23.1. The van der Waals surface area contributed by atoms with Crippen molar-refractivity contribution in [3.8, 4) is 22.6 Å². The number of ether oxygens (including phenoxy) is 2. The van der Waals surface area contributed by atoms with Crippen LogP contribution in [0.5, 0.6) is 11.5 Å². The highest BCUT2D eigenvalue weighted by molar-refractivity contribution is 9.10. The summed E-state index contributed by atoms with van der Waals surface area (Å²) in [5.41, 5.74) is 21.4. The van der Waals surface area contributed by atoms with Crippen molar-refractivity contribution >= 4 is 41.1 Å². The molecule has 0 bridgehead atoms. The molecule has 4 aliphatic heterocycles. The first-order valence-electron chi connectivity index (χ1n) is 22.3. The maximum Gasteiger partial charge on any atom is 0.496 e. The molecule has 70 heavy (non-hydrogen) atoms. The van der Waals surface area contributed by atoms with Gasteiger partial charge in [0, 0.05) is 68.7 Å². The zero-order chi connectivity index (χ0) is 50.2. The summed E-state index contributed by atoms with van der Waals surface area (Å²) in [7, 11) is 2.80. The van der Waals surface area contributed by atoms with E-state index in [2.05, 4.69) is 78.9 Å². The number of aromatic nitrogens is 2. The van der Waals surface area contributed by atoms with Crippen LogP contribution in [0.25, 0.3) is 32.0 Å². The van der Waals surface area contributed by atoms with Gasteiger partial charge in [-0.25, -0.2) is 8.78 Å². The number of carbonyl (C=O) groups excluding carboxylic acids is 2. The van der Waals surface area contributed by atoms with Crippen LogP contribution < -0.4 is 9.47 Å². The average Bonchev–Trinajstić information content (AvgIpc) is 4.22. The second-order valence-electron chi connectivity index (χ2n) is 17.7. The highest BCUT2D eigenvalue weighted by Crippen LogP contribution is 2.41. The van der Waals surface area contributed by atoms with Crippen LogP contribution in [0, 0.1) is 11.6 Å². The molecule has 9 rings (SSSR count). The van der Waals surface area contributed by atoms with Crippen molar-refractivity contribution in [3.05, 3.63) is 168 Å². The molecule has 1 N–H and O–H groups in total. The number of rotatable bonds is 10. The van der Waals surface area contributed by atoms with Crippen molar-refractivity contribution in [2.45, 2.75) is 75.9 Å². The van der Waals surface area contributed by atoms with E-state index in [1.54, 1.807) is 95.0 Å². The van der Waals surface area contributed by atoms with Crippen LogP contribution >= 0.6 is 15.9 Å². The Morgan fingerprint density at radius 1 is 0.800 bits per heavy atom. The predicted molar refractivity (Wildman–Crippen MR) is 264 cm³/mol. The molecule has 0 saturated carbocycles. The van der Waals surface area contributed by atoms with Crippen molar-refractivity contribution < 1.29 is 37.2 Å². The summed E-state index contributed by atoms with van der Waals surface area (Å²) in [4.78, 5) is 39.4. The van der Waals surface area contributed by atoms with E-state index in [9.17, 15) is 18.4 Å². The fraction of sp³-hybridized carbons (Fsp3) is 0.347. The summed E-state index contributed by atoms with van der Waals surface area (Å²) in [5.74, 6) is -0.268. The molecule has 4 aliphatic rings. The molecule has 4 atom stereocenters. The van der Waals surface area contributed by atoms with Gasteiger partial charge in [0.05, 0.1) is 66.8 Å². The van der Waals surface area contributed by atoms with Crippen molar-refractivity contribution in [1.29, 1.82) is 0 Å². The largest absolute Gasteiger partial charge is 0.496 e. The summed E-state index contributed by atoms with van der Waals surface area (Å²) in [6, 6.07) is 21.0. The third-order valence-corrected chi connectivity index (χ3v) is 13.5. The minimum absolute atomic E-state index is 0.216. The highest BCUT2D eigenvalue weighted by Gasteiger charge is 2.52. The number of halogens is 3. The lowest BCUT2D eigenvalue weighted by Gasteiger charge is -2.32. The number of hydrogen-bond donors (Lipinski definition) is 1. The Labute approximate surface area is 412 Å². The van der Waals surface area contributed by atoms with E-state index < -0.39 is 30.0 Å². The van der Waals surface area contributed by atoms with Crippen LogP contribution in [0.2, 0.25) is 0 Å². The molecule has 0 aliphatic carbocycles. The van der Waals surface area contributed by atoms with Gasteiger partial charge in [0.1, 0.15) is 23.1 Å². The number of carbonyl (C=O) groups is 2. The summed E-state index contributed by atoms with van der Waals surface area (Å²) >= 11 is 3.36. The third-order valence-electron chi connectivity index (χ3n) is 12.9. The number of nitrogens with one attached hydrogen (secondary N) is 1. The third kappa shape index (κ3) is 11.2. The van der Waals surface area contributed by atoms with E-state index in [1.165, 1.54) is 26.4 Å². The first-order chi connectivity index (χ1) is 33.6. The summed E-state index contributed by atoms with van der Waals surface area (Å²) in [6.07, 6.45) is 8.02. The number of amides is 2. The predicted octanol–water partition coefficient (Wildman–Crippen LogP) is 11.0. The van der Waals surface area contributed by atoms with Gasteiger partial charge in [-0.3, -0.25) is 19.7 Å². The monoisotopic (exact) mass is 1020 g/mol. The first kappa shape index (κ1) is 50.9. The smallest absolute Gasteiger partial charge is 0.496 e. The minimum Gasteiger partial charge on any atom is -0.496 e. The molecule has 5 aromatic rings. The number of aliphatic imine (C=N–C) groups is 1. The van der Waals surface area contributed by atoms with E-state index in [-0.39, 0.29) is 49.0 Å². The standard InChI is InChI=1S/C21H19FN6O2.C18H16BrFN4O2.C10H16BNO2/c1-30-20-8-13(6-7-16(20)14-10-24-25-11-14)21(29)28-12-15(26-27-23)9-19(28)17-4-2-3-5-18(17)22;1-26-17-8-11(6-7-14(17)19)18(25)24-10-12(22-23-21)9-16(24)13-4-2-3-5-15(13)20;1-9(2)10(3,4)14-11(13-9)8-5-6-12-7-8/h2-8,10-11,15,19H,9,12H2,1H3,(H,24,25);2-8,12,16H,9-10H2,1H3;5,7H,6H2,1-4H3/t15?,19-;12?,16-;/m11./s1. The van der Waals surface area contributed by atoms with Crippen LogP contribution in [0.1, 0.15) is 84.5 Å². The topological polar surface area (TPSA) is 216 Å². The molecule has 2 amide bonds. The Kier molecular flexibility index (Phi) is 16.1. The summed E-state index contributed by atoms with van der Waals surface area (Å²) in [5, 5.41) is 14.2. The highest BCUT2D eigenvalue weighted by atomic mass is 79.9. The lowest BCUT2D eigenvalue weighted by molar-refractivity contribution is 0.00578. The lowest BCUT2D eigenvalue weighted by atomic mass is 9.79. The van der Waals surface area contributed by atoms with Gasteiger partial charge in [-0.2, -0.15) is 5.10 Å². The van der Waals surface area contributed by atoms with E-state index in [0.717, 1.165) is 27.6 Å². The van der Waals surface area contributed by atoms with Gasteiger partial charge in [0.25, 0.3) is 11.8 Å². The number of H-pyrrole nitrogens is 1. The molecule has 0 spiro atoms. The average molecular weight is 1020 g/mol. The fourth-order valence-electron chi connectivity index (χ4n) is 8.56. The van der Waals surface area contributed by atoms with Crippen LogP contribution in [-0.4, -0.2) is 102 Å². The van der Waals surface area contributed by atoms with E-state index >= 15 is 0 Å². The van der Waals surface area contributed by atoms with Crippen LogP contribution in [0.3, 0.4) is 0 Å². The lowest BCUT2D eigenvalue weighted by Crippen LogP contribution is -2.41. The molecular formula is C49H51BBrF2N11O6. The Bertz CT molecular complexity index is 2860. The molecule has 3 fully saturated rings. The van der Waals surface area contributed by atoms with E-state index in [1.807, 2.05) is 12.3 Å². The molecular weight excluding hydrogens is 967 g/mol. The van der Waals surface area contributed by atoms with Crippen molar-refractivity contribution in [2.75, 3.05) is 33.9 Å². The van der Waals surface area contributed by atoms with Gasteiger partial charge >= 0.3 is 7.12 Å². The maximum atomic E-state index is 14.5. The SMILES string of the molecule is CC1(C)OB(C2=CCN=C2)OC1(C)C.COc1cc(C(=O)N2CC(N=[N+]=[N-])C[C@@H]2c2ccccc2F)ccc1-c1cn[nH]c1.COc1cc(C(=O)N2CC(N=[N+]=[N-])C[C@@H]2c2ccccc2F)ccc1Br. The molecule has 17 nitrogen and oxygen atoms in total.